The summed E-state index contributed by atoms with van der Waals surface area (Å²) in [7, 11) is 1.61. The minimum Gasteiger partial charge on any atom is -0.481 e. The van der Waals surface area contributed by atoms with Gasteiger partial charge >= 0.3 is 0 Å². The highest BCUT2D eigenvalue weighted by molar-refractivity contribution is 5.93. The molecule has 3 rings (SSSR count). The fraction of sp³-hybridized carbons (Fsp3) is 0.188. The Morgan fingerprint density at radius 3 is 2.70 bits per heavy atom. The van der Waals surface area contributed by atoms with Crippen LogP contribution in [0.15, 0.2) is 36.5 Å². The first-order valence-corrected chi connectivity index (χ1v) is 6.43. The zero-order valence-corrected chi connectivity index (χ0v) is 11.7. The SMILES string of the molecule is COc1cc(C)nc(-c2ccc(C)c3cccnc23)n1. The molecule has 2 heterocycles. The summed E-state index contributed by atoms with van der Waals surface area (Å²) >= 11 is 0. The first kappa shape index (κ1) is 12.5. The standard InChI is InChI=1S/C16H15N3O/c1-10-6-7-13(15-12(10)5-4-8-17-15)16-18-11(2)9-14(19-16)20-3/h4-9H,1-3H3. The molecule has 0 bridgehead atoms. The molecule has 0 saturated heterocycles. The Morgan fingerprint density at radius 2 is 1.90 bits per heavy atom. The molecule has 0 atom stereocenters. The molecule has 100 valence electrons. The molecule has 4 heteroatoms. The van der Waals surface area contributed by atoms with Crippen molar-refractivity contribution >= 4 is 10.9 Å². The summed E-state index contributed by atoms with van der Waals surface area (Å²) in [5.74, 6) is 1.21. The van der Waals surface area contributed by atoms with Crippen LogP contribution in [-0.2, 0) is 0 Å². The lowest BCUT2D eigenvalue weighted by molar-refractivity contribution is 0.397. The lowest BCUT2D eigenvalue weighted by atomic mass is 10.0. The van der Waals surface area contributed by atoms with Gasteiger partial charge in [0, 0.05) is 28.9 Å². The summed E-state index contributed by atoms with van der Waals surface area (Å²) in [6.07, 6.45) is 1.79. The summed E-state index contributed by atoms with van der Waals surface area (Å²) in [4.78, 5) is 13.4. The second-order valence-electron chi connectivity index (χ2n) is 4.70. The van der Waals surface area contributed by atoms with Crippen LogP contribution in [0.3, 0.4) is 0 Å². The van der Waals surface area contributed by atoms with Crippen LogP contribution in [0, 0.1) is 13.8 Å². The predicted molar refractivity (Wildman–Crippen MR) is 78.8 cm³/mol. The molecule has 0 fully saturated rings. The van der Waals surface area contributed by atoms with Crippen molar-refractivity contribution in [3.05, 3.63) is 47.8 Å². The molecule has 0 saturated carbocycles. The van der Waals surface area contributed by atoms with E-state index >= 15 is 0 Å². The smallest absolute Gasteiger partial charge is 0.216 e. The average molecular weight is 265 g/mol. The van der Waals surface area contributed by atoms with Gasteiger partial charge in [0.2, 0.25) is 5.88 Å². The molecule has 0 unspecified atom stereocenters. The van der Waals surface area contributed by atoms with Gasteiger partial charge in [-0.1, -0.05) is 12.1 Å². The molecular formula is C16H15N3O. The van der Waals surface area contributed by atoms with E-state index in [1.165, 1.54) is 5.56 Å². The summed E-state index contributed by atoms with van der Waals surface area (Å²) in [5.41, 5.74) is 3.90. The molecule has 0 aliphatic carbocycles. The van der Waals surface area contributed by atoms with Crippen LogP contribution in [0.25, 0.3) is 22.3 Å². The molecule has 0 spiro atoms. The fourth-order valence-electron chi connectivity index (χ4n) is 2.26. The van der Waals surface area contributed by atoms with E-state index in [4.69, 9.17) is 4.74 Å². The lowest BCUT2D eigenvalue weighted by Gasteiger charge is -2.09. The van der Waals surface area contributed by atoms with Crippen molar-refractivity contribution < 1.29 is 4.74 Å². The summed E-state index contributed by atoms with van der Waals surface area (Å²) in [5, 5.41) is 1.12. The zero-order chi connectivity index (χ0) is 14.1. The van der Waals surface area contributed by atoms with Gasteiger partial charge in [0.1, 0.15) is 0 Å². The molecule has 20 heavy (non-hydrogen) atoms. The van der Waals surface area contributed by atoms with Crippen LogP contribution in [0.2, 0.25) is 0 Å². The second kappa shape index (κ2) is 4.89. The number of hydrogen-bond acceptors (Lipinski definition) is 4. The van der Waals surface area contributed by atoms with Crippen LogP contribution < -0.4 is 4.74 Å². The van der Waals surface area contributed by atoms with Crippen LogP contribution >= 0.6 is 0 Å². The molecule has 0 amide bonds. The predicted octanol–water partition coefficient (Wildman–Crippen LogP) is 3.32. The molecule has 0 N–H and O–H groups in total. The number of nitrogens with zero attached hydrogens (tertiary/aromatic N) is 3. The number of fused-ring (bicyclic) bond motifs is 1. The first-order valence-electron chi connectivity index (χ1n) is 6.43. The van der Waals surface area contributed by atoms with Gasteiger partial charge in [-0.05, 0) is 31.5 Å². The Balaban J connectivity index is 2.30. The van der Waals surface area contributed by atoms with Crippen molar-refractivity contribution in [2.24, 2.45) is 0 Å². The highest BCUT2D eigenvalue weighted by atomic mass is 16.5. The molecule has 3 aromatic rings. The Labute approximate surface area is 117 Å². The van der Waals surface area contributed by atoms with E-state index in [-0.39, 0.29) is 0 Å². The third-order valence-electron chi connectivity index (χ3n) is 3.27. The maximum atomic E-state index is 5.22. The number of aryl methyl sites for hydroxylation is 2. The first-order chi connectivity index (χ1) is 9.69. The van der Waals surface area contributed by atoms with Crippen molar-refractivity contribution in [2.45, 2.75) is 13.8 Å². The maximum Gasteiger partial charge on any atom is 0.216 e. The van der Waals surface area contributed by atoms with Gasteiger partial charge in [0.05, 0.1) is 12.6 Å². The van der Waals surface area contributed by atoms with Crippen LogP contribution in [0.5, 0.6) is 5.88 Å². The highest BCUT2D eigenvalue weighted by Gasteiger charge is 2.11. The monoisotopic (exact) mass is 265 g/mol. The summed E-state index contributed by atoms with van der Waals surface area (Å²) in [6.45, 7) is 4.00. The van der Waals surface area contributed by atoms with Gasteiger partial charge in [-0.25, -0.2) is 4.98 Å². The average Bonchev–Trinajstić information content (AvgIpc) is 2.47. The van der Waals surface area contributed by atoms with E-state index in [0.29, 0.717) is 11.7 Å². The minimum absolute atomic E-state index is 0.567. The van der Waals surface area contributed by atoms with Crippen LogP contribution in [0.1, 0.15) is 11.3 Å². The van der Waals surface area contributed by atoms with Gasteiger partial charge in [-0.15, -0.1) is 0 Å². The fourth-order valence-corrected chi connectivity index (χ4v) is 2.26. The van der Waals surface area contributed by atoms with E-state index in [2.05, 4.69) is 34.0 Å². The van der Waals surface area contributed by atoms with Gasteiger partial charge in [-0.3, -0.25) is 4.98 Å². The van der Waals surface area contributed by atoms with Gasteiger partial charge in [0.15, 0.2) is 5.82 Å². The molecule has 0 aliphatic rings. The third-order valence-corrected chi connectivity index (χ3v) is 3.27. The molecule has 1 aromatic carbocycles. The van der Waals surface area contributed by atoms with E-state index in [9.17, 15) is 0 Å². The van der Waals surface area contributed by atoms with E-state index in [1.54, 1.807) is 13.3 Å². The summed E-state index contributed by atoms with van der Waals surface area (Å²) in [6, 6.07) is 9.90. The molecular weight excluding hydrogens is 250 g/mol. The zero-order valence-electron chi connectivity index (χ0n) is 11.7. The normalized spacial score (nSPS) is 10.8. The van der Waals surface area contributed by atoms with Gasteiger partial charge < -0.3 is 4.74 Å². The highest BCUT2D eigenvalue weighted by Crippen LogP contribution is 2.28. The van der Waals surface area contributed by atoms with Crippen molar-refractivity contribution in [2.75, 3.05) is 7.11 Å². The quantitative estimate of drug-likeness (QED) is 0.713. The van der Waals surface area contributed by atoms with E-state index in [0.717, 1.165) is 22.2 Å². The lowest BCUT2D eigenvalue weighted by Crippen LogP contribution is -1.97. The molecule has 2 aromatic heterocycles. The Kier molecular flexibility index (Phi) is 3.06. The maximum absolute atomic E-state index is 5.22. The third kappa shape index (κ3) is 2.09. The second-order valence-corrected chi connectivity index (χ2v) is 4.70. The van der Waals surface area contributed by atoms with Crippen molar-refractivity contribution in [3.63, 3.8) is 0 Å². The number of benzene rings is 1. The number of ether oxygens (including phenoxy) is 1. The van der Waals surface area contributed by atoms with Crippen LogP contribution in [0.4, 0.5) is 0 Å². The van der Waals surface area contributed by atoms with E-state index < -0.39 is 0 Å². The number of methoxy groups -OCH3 is 1. The Morgan fingerprint density at radius 1 is 1.05 bits per heavy atom. The minimum atomic E-state index is 0.567. The Bertz CT molecular complexity index is 784. The number of hydrogen-bond donors (Lipinski definition) is 0. The number of aromatic nitrogens is 3. The molecule has 4 nitrogen and oxygen atoms in total. The van der Waals surface area contributed by atoms with E-state index in [1.807, 2.05) is 25.1 Å². The largest absolute Gasteiger partial charge is 0.481 e. The Hall–Kier alpha value is -2.49. The molecule has 0 aliphatic heterocycles. The van der Waals surface area contributed by atoms with Gasteiger partial charge in [0.25, 0.3) is 0 Å². The van der Waals surface area contributed by atoms with Crippen LogP contribution in [-0.4, -0.2) is 22.1 Å². The summed E-state index contributed by atoms with van der Waals surface area (Å²) < 4.78 is 5.22. The van der Waals surface area contributed by atoms with Crippen molar-refractivity contribution in [1.29, 1.82) is 0 Å². The number of rotatable bonds is 2. The molecule has 0 radical (unpaired) electrons. The van der Waals surface area contributed by atoms with Crippen molar-refractivity contribution in [3.8, 4) is 17.3 Å². The van der Waals surface area contributed by atoms with Gasteiger partial charge in [-0.2, -0.15) is 4.98 Å². The number of pyridine rings is 1. The topological polar surface area (TPSA) is 47.9 Å². The van der Waals surface area contributed by atoms with Crippen molar-refractivity contribution in [1.82, 2.24) is 15.0 Å².